The van der Waals surface area contributed by atoms with Crippen molar-refractivity contribution in [1.82, 2.24) is 15.7 Å². The molecule has 110 valence electrons. The van der Waals surface area contributed by atoms with Crippen LogP contribution < -0.4 is 10.7 Å². The molecule has 0 spiro atoms. The molecule has 5 nitrogen and oxygen atoms in total. The number of aromatic nitrogens is 1. The van der Waals surface area contributed by atoms with Crippen LogP contribution in [-0.2, 0) is 4.74 Å². The summed E-state index contributed by atoms with van der Waals surface area (Å²) in [5.41, 5.74) is 4.95. The minimum absolute atomic E-state index is 0.266. The molecule has 1 aromatic carbocycles. The number of nitrogens with one attached hydrogen (secondary N) is 3. The highest BCUT2D eigenvalue weighted by Crippen LogP contribution is 2.15. The second-order valence-electron chi connectivity index (χ2n) is 5.00. The SMILES string of the molecule is S=C(NC[C@@H]1CCCO1)N/N=C\c1c[nH]c2ccccc12. The lowest BCUT2D eigenvalue weighted by molar-refractivity contribution is 0.114. The first kappa shape index (κ1) is 14.0. The molecule has 0 saturated carbocycles. The van der Waals surface area contributed by atoms with Crippen molar-refractivity contribution in [2.45, 2.75) is 18.9 Å². The number of fused-ring (bicyclic) bond motifs is 1. The minimum Gasteiger partial charge on any atom is -0.376 e. The Bertz CT molecular complexity index is 646. The third-order valence-corrected chi connectivity index (χ3v) is 3.74. The van der Waals surface area contributed by atoms with Gasteiger partial charge in [-0.25, -0.2) is 0 Å². The first-order chi connectivity index (χ1) is 10.3. The molecular weight excluding hydrogens is 284 g/mol. The summed E-state index contributed by atoms with van der Waals surface area (Å²) >= 11 is 5.18. The molecule has 1 aromatic heterocycles. The second kappa shape index (κ2) is 6.69. The van der Waals surface area contributed by atoms with Gasteiger partial charge in [0, 0.05) is 35.8 Å². The Labute approximate surface area is 128 Å². The van der Waals surface area contributed by atoms with Crippen LogP contribution >= 0.6 is 12.2 Å². The number of H-pyrrole nitrogens is 1. The summed E-state index contributed by atoms with van der Waals surface area (Å²) in [6, 6.07) is 8.10. The van der Waals surface area contributed by atoms with Gasteiger partial charge in [-0.15, -0.1) is 0 Å². The summed E-state index contributed by atoms with van der Waals surface area (Å²) in [6.45, 7) is 1.58. The van der Waals surface area contributed by atoms with E-state index in [9.17, 15) is 0 Å². The van der Waals surface area contributed by atoms with Crippen LogP contribution in [0.5, 0.6) is 0 Å². The van der Waals surface area contributed by atoms with Gasteiger partial charge in [-0.1, -0.05) is 18.2 Å². The van der Waals surface area contributed by atoms with E-state index >= 15 is 0 Å². The van der Waals surface area contributed by atoms with Crippen molar-refractivity contribution in [2.75, 3.05) is 13.2 Å². The van der Waals surface area contributed by atoms with Crippen LogP contribution in [0.25, 0.3) is 10.9 Å². The molecule has 1 fully saturated rings. The number of hydrazone groups is 1. The number of benzene rings is 1. The summed E-state index contributed by atoms with van der Waals surface area (Å²) in [7, 11) is 0. The van der Waals surface area contributed by atoms with Crippen molar-refractivity contribution in [3.63, 3.8) is 0 Å². The van der Waals surface area contributed by atoms with Gasteiger partial charge in [0.1, 0.15) is 0 Å². The van der Waals surface area contributed by atoms with E-state index in [0.29, 0.717) is 5.11 Å². The topological polar surface area (TPSA) is 61.4 Å². The average Bonchev–Trinajstić information content (AvgIpc) is 3.15. The Hall–Kier alpha value is -1.92. The molecule has 1 atom stereocenters. The van der Waals surface area contributed by atoms with E-state index in [4.69, 9.17) is 17.0 Å². The van der Waals surface area contributed by atoms with E-state index in [1.165, 1.54) is 0 Å². The maximum absolute atomic E-state index is 5.52. The van der Waals surface area contributed by atoms with Crippen molar-refractivity contribution in [3.8, 4) is 0 Å². The maximum Gasteiger partial charge on any atom is 0.187 e. The second-order valence-corrected chi connectivity index (χ2v) is 5.41. The van der Waals surface area contributed by atoms with E-state index in [2.05, 4.69) is 26.9 Å². The number of nitrogens with zero attached hydrogens (tertiary/aromatic N) is 1. The molecule has 21 heavy (non-hydrogen) atoms. The highest BCUT2D eigenvalue weighted by molar-refractivity contribution is 7.80. The standard InChI is InChI=1S/C15H18N4OS/c21-15(17-10-12-4-3-7-20-12)19-18-9-11-8-16-14-6-2-1-5-13(11)14/h1-2,5-6,8-9,12,16H,3-4,7,10H2,(H2,17,19,21)/b18-9-/t12-/m0/s1. The number of hydrogen-bond acceptors (Lipinski definition) is 3. The smallest absolute Gasteiger partial charge is 0.187 e. The minimum atomic E-state index is 0.266. The Balaban J connectivity index is 1.50. The first-order valence-electron chi connectivity index (χ1n) is 7.07. The van der Waals surface area contributed by atoms with Crippen LogP contribution in [0.4, 0.5) is 0 Å². The molecule has 1 aliphatic rings. The number of ether oxygens (including phenoxy) is 1. The van der Waals surface area contributed by atoms with Crippen LogP contribution in [0.2, 0.25) is 0 Å². The van der Waals surface area contributed by atoms with Gasteiger partial charge in [0.25, 0.3) is 0 Å². The van der Waals surface area contributed by atoms with Gasteiger partial charge in [-0.2, -0.15) is 5.10 Å². The van der Waals surface area contributed by atoms with Gasteiger partial charge in [0.2, 0.25) is 0 Å². The van der Waals surface area contributed by atoms with E-state index in [1.807, 2.05) is 24.4 Å². The van der Waals surface area contributed by atoms with E-state index in [-0.39, 0.29) is 6.10 Å². The number of thiocarbonyl (C=S) groups is 1. The molecule has 0 bridgehead atoms. The summed E-state index contributed by atoms with van der Waals surface area (Å²) in [6.07, 6.45) is 6.18. The number of hydrogen-bond donors (Lipinski definition) is 3. The molecule has 0 radical (unpaired) electrons. The van der Waals surface area contributed by atoms with Crippen molar-refractivity contribution in [2.24, 2.45) is 5.10 Å². The van der Waals surface area contributed by atoms with E-state index < -0.39 is 0 Å². The van der Waals surface area contributed by atoms with Gasteiger partial charge < -0.3 is 15.0 Å². The summed E-state index contributed by atoms with van der Waals surface area (Å²) in [5.74, 6) is 0. The molecule has 0 unspecified atom stereocenters. The zero-order chi connectivity index (χ0) is 14.5. The van der Waals surface area contributed by atoms with E-state index in [1.54, 1.807) is 6.21 Å². The molecule has 3 N–H and O–H groups in total. The summed E-state index contributed by atoms with van der Waals surface area (Å²) in [4.78, 5) is 3.20. The van der Waals surface area contributed by atoms with Crippen LogP contribution in [-0.4, -0.2) is 35.6 Å². The van der Waals surface area contributed by atoms with Crippen molar-refractivity contribution in [1.29, 1.82) is 0 Å². The van der Waals surface area contributed by atoms with Gasteiger partial charge >= 0.3 is 0 Å². The number of aromatic amines is 1. The van der Waals surface area contributed by atoms with Crippen molar-refractivity contribution < 1.29 is 4.74 Å². The summed E-state index contributed by atoms with van der Waals surface area (Å²) in [5, 5.41) is 8.94. The zero-order valence-corrected chi connectivity index (χ0v) is 12.5. The fraction of sp³-hybridized carbons (Fsp3) is 0.333. The molecule has 0 amide bonds. The zero-order valence-electron chi connectivity index (χ0n) is 11.6. The highest BCUT2D eigenvalue weighted by Gasteiger charge is 2.14. The van der Waals surface area contributed by atoms with E-state index in [0.717, 1.165) is 42.5 Å². The first-order valence-corrected chi connectivity index (χ1v) is 7.48. The number of rotatable bonds is 4. The fourth-order valence-corrected chi connectivity index (χ4v) is 2.55. The third kappa shape index (κ3) is 3.59. The van der Waals surface area contributed by atoms with Crippen LogP contribution in [0, 0.1) is 0 Å². The van der Waals surface area contributed by atoms with Crippen molar-refractivity contribution >= 4 is 34.4 Å². The predicted molar refractivity (Wildman–Crippen MR) is 88.6 cm³/mol. The van der Waals surface area contributed by atoms with Gasteiger partial charge in [-0.05, 0) is 31.1 Å². The fourth-order valence-electron chi connectivity index (χ4n) is 2.41. The lowest BCUT2D eigenvalue weighted by Gasteiger charge is -2.11. The molecule has 3 rings (SSSR count). The Morgan fingerprint density at radius 2 is 2.38 bits per heavy atom. The lowest BCUT2D eigenvalue weighted by Crippen LogP contribution is -2.37. The van der Waals surface area contributed by atoms with Gasteiger partial charge in [-0.3, -0.25) is 5.43 Å². The largest absolute Gasteiger partial charge is 0.376 e. The molecular formula is C15H18N4OS. The van der Waals surface area contributed by atoms with Crippen LogP contribution in [0.1, 0.15) is 18.4 Å². The Kier molecular flexibility index (Phi) is 4.47. The highest BCUT2D eigenvalue weighted by atomic mass is 32.1. The molecule has 6 heteroatoms. The van der Waals surface area contributed by atoms with Crippen LogP contribution in [0.15, 0.2) is 35.6 Å². The number of para-hydroxylation sites is 1. The monoisotopic (exact) mass is 302 g/mol. The molecule has 2 heterocycles. The predicted octanol–water partition coefficient (Wildman–Crippen LogP) is 2.14. The molecule has 1 aliphatic heterocycles. The maximum atomic E-state index is 5.52. The Morgan fingerprint density at radius 1 is 1.48 bits per heavy atom. The molecule has 2 aromatic rings. The van der Waals surface area contributed by atoms with Crippen LogP contribution in [0.3, 0.4) is 0 Å². The van der Waals surface area contributed by atoms with Gasteiger partial charge in [0.05, 0.1) is 12.3 Å². The lowest BCUT2D eigenvalue weighted by atomic mass is 10.2. The molecule has 0 aliphatic carbocycles. The summed E-state index contributed by atoms with van der Waals surface area (Å²) < 4.78 is 5.52. The van der Waals surface area contributed by atoms with Gasteiger partial charge in [0.15, 0.2) is 5.11 Å². The third-order valence-electron chi connectivity index (χ3n) is 3.51. The Morgan fingerprint density at radius 3 is 3.24 bits per heavy atom. The normalized spacial score (nSPS) is 18.4. The molecule has 1 saturated heterocycles. The van der Waals surface area contributed by atoms with Crippen molar-refractivity contribution in [3.05, 3.63) is 36.0 Å². The average molecular weight is 302 g/mol. The quantitative estimate of drug-likeness (QED) is 0.460.